The molecule has 0 aliphatic heterocycles. The molecule has 1 amide bonds. The smallest absolute Gasteiger partial charge is 0.246 e. The van der Waals surface area contributed by atoms with E-state index in [1.165, 1.54) is 11.0 Å². The summed E-state index contributed by atoms with van der Waals surface area (Å²) < 4.78 is 1.34. The van der Waals surface area contributed by atoms with Crippen molar-refractivity contribution in [1.82, 2.24) is 20.2 Å². The molecule has 0 bridgehead atoms. The Hall–Kier alpha value is -2.72. The molecule has 0 fully saturated rings. The van der Waals surface area contributed by atoms with E-state index in [1.807, 2.05) is 19.1 Å². The van der Waals surface area contributed by atoms with Crippen LogP contribution in [0.5, 0.6) is 0 Å². The molecule has 2 N–H and O–H groups in total. The quantitative estimate of drug-likeness (QED) is 0.791. The fraction of sp³-hybridized carbons (Fsp3) is 0.286. The third-order valence-electron chi connectivity index (χ3n) is 2.67. The first-order valence-electron chi connectivity index (χ1n) is 6.40. The average molecular weight is 285 g/mol. The van der Waals surface area contributed by atoms with Crippen molar-refractivity contribution in [3.8, 4) is 11.8 Å². The van der Waals surface area contributed by atoms with Crippen molar-refractivity contribution in [3.05, 3.63) is 35.7 Å². The van der Waals surface area contributed by atoms with Crippen molar-refractivity contribution in [2.75, 3.05) is 11.9 Å². The number of aliphatic hydroxyl groups excluding tert-OH is 1. The molecule has 1 aromatic heterocycles. The van der Waals surface area contributed by atoms with Gasteiger partial charge in [-0.05, 0) is 41.1 Å². The van der Waals surface area contributed by atoms with Crippen LogP contribution in [0.15, 0.2) is 24.5 Å². The summed E-state index contributed by atoms with van der Waals surface area (Å²) in [7, 11) is 0. The maximum absolute atomic E-state index is 11.8. The van der Waals surface area contributed by atoms with Gasteiger partial charge in [-0.15, -0.1) is 5.10 Å². The second kappa shape index (κ2) is 7.17. The Morgan fingerprint density at radius 1 is 1.48 bits per heavy atom. The number of carbonyl (C=O) groups is 1. The molecule has 7 heteroatoms. The van der Waals surface area contributed by atoms with E-state index in [-0.39, 0.29) is 19.1 Å². The molecule has 0 aliphatic carbocycles. The number of nitrogens with one attached hydrogen (secondary N) is 1. The van der Waals surface area contributed by atoms with Crippen LogP contribution in [0, 0.1) is 18.8 Å². The highest BCUT2D eigenvalue weighted by Gasteiger charge is 2.05. The lowest BCUT2D eigenvalue weighted by atomic mass is 10.1. The highest BCUT2D eigenvalue weighted by molar-refractivity contribution is 5.90. The zero-order valence-corrected chi connectivity index (χ0v) is 11.6. The second-order valence-electron chi connectivity index (χ2n) is 4.36. The zero-order chi connectivity index (χ0) is 15.1. The van der Waals surface area contributed by atoms with E-state index < -0.39 is 0 Å². The molecule has 2 aromatic rings. The molecule has 0 radical (unpaired) electrons. The van der Waals surface area contributed by atoms with Crippen LogP contribution in [-0.2, 0) is 11.3 Å². The summed E-state index contributed by atoms with van der Waals surface area (Å²) in [6.45, 7) is 2.03. The van der Waals surface area contributed by atoms with E-state index in [0.717, 1.165) is 11.1 Å². The van der Waals surface area contributed by atoms with Crippen LogP contribution < -0.4 is 5.32 Å². The van der Waals surface area contributed by atoms with E-state index in [0.29, 0.717) is 12.1 Å². The summed E-state index contributed by atoms with van der Waals surface area (Å²) in [5.74, 6) is 5.64. The molecule has 0 saturated heterocycles. The van der Waals surface area contributed by atoms with Crippen molar-refractivity contribution in [3.63, 3.8) is 0 Å². The van der Waals surface area contributed by atoms with Crippen molar-refractivity contribution in [2.24, 2.45) is 0 Å². The standard InChI is InChI=1S/C14H15N5O2/c1-11-8-13(6-5-12(11)4-2-3-7-20)16-14(21)9-19-10-15-17-18-19/h5-6,8,10,20H,3,7,9H2,1H3,(H,16,21). The Bertz CT molecular complexity index is 670. The maximum atomic E-state index is 11.8. The van der Waals surface area contributed by atoms with Crippen LogP contribution in [0.4, 0.5) is 5.69 Å². The number of benzene rings is 1. The minimum Gasteiger partial charge on any atom is -0.395 e. The topological polar surface area (TPSA) is 92.9 Å². The Kier molecular flexibility index (Phi) is 5.01. The molecule has 0 spiro atoms. The van der Waals surface area contributed by atoms with Crippen LogP contribution in [0.2, 0.25) is 0 Å². The third kappa shape index (κ3) is 4.40. The van der Waals surface area contributed by atoms with Gasteiger partial charge in [0.05, 0.1) is 6.61 Å². The molecule has 108 valence electrons. The number of amides is 1. The Morgan fingerprint density at radius 2 is 2.33 bits per heavy atom. The number of aryl methyl sites for hydroxylation is 1. The Morgan fingerprint density at radius 3 is 3.00 bits per heavy atom. The summed E-state index contributed by atoms with van der Waals surface area (Å²) in [4.78, 5) is 11.8. The van der Waals surface area contributed by atoms with Crippen molar-refractivity contribution < 1.29 is 9.90 Å². The van der Waals surface area contributed by atoms with Crippen LogP contribution in [0.1, 0.15) is 17.5 Å². The van der Waals surface area contributed by atoms with E-state index in [2.05, 4.69) is 32.7 Å². The van der Waals surface area contributed by atoms with Gasteiger partial charge in [0.25, 0.3) is 0 Å². The number of nitrogens with zero attached hydrogens (tertiary/aromatic N) is 4. The van der Waals surface area contributed by atoms with Crippen LogP contribution in [-0.4, -0.2) is 37.8 Å². The summed E-state index contributed by atoms with van der Waals surface area (Å²) in [6.07, 6.45) is 1.83. The van der Waals surface area contributed by atoms with Gasteiger partial charge >= 0.3 is 0 Å². The lowest BCUT2D eigenvalue weighted by molar-refractivity contribution is -0.116. The predicted octanol–water partition coefficient (Wildman–Crippen LogP) is 0.354. The number of carbonyl (C=O) groups excluding carboxylic acids is 1. The summed E-state index contributed by atoms with van der Waals surface area (Å²) in [5.41, 5.74) is 2.53. The van der Waals surface area contributed by atoms with Gasteiger partial charge in [0.1, 0.15) is 12.9 Å². The van der Waals surface area contributed by atoms with Gasteiger partial charge in [-0.3, -0.25) is 4.79 Å². The highest BCUT2D eigenvalue weighted by Crippen LogP contribution is 2.14. The van der Waals surface area contributed by atoms with Gasteiger partial charge in [-0.25, -0.2) is 4.68 Å². The minimum atomic E-state index is -0.208. The average Bonchev–Trinajstić information content (AvgIpc) is 2.94. The number of aliphatic hydroxyl groups is 1. The number of hydrogen-bond donors (Lipinski definition) is 2. The third-order valence-corrected chi connectivity index (χ3v) is 2.67. The molecule has 21 heavy (non-hydrogen) atoms. The Labute approximate surface area is 122 Å². The van der Waals surface area contributed by atoms with Crippen molar-refractivity contribution in [2.45, 2.75) is 19.9 Å². The van der Waals surface area contributed by atoms with Crippen LogP contribution in [0.25, 0.3) is 0 Å². The number of rotatable bonds is 4. The molecule has 0 aliphatic rings. The van der Waals surface area contributed by atoms with Crippen LogP contribution >= 0.6 is 0 Å². The molecule has 1 aromatic carbocycles. The second-order valence-corrected chi connectivity index (χ2v) is 4.36. The van der Waals surface area contributed by atoms with Gasteiger partial charge in [-0.2, -0.15) is 0 Å². The van der Waals surface area contributed by atoms with Gasteiger partial charge < -0.3 is 10.4 Å². The number of tetrazole rings is 1. The molecule has 1 heterocycles. The molecule has 0 atom stereocenters. The maximum Gasteiger partial charge on any atom is 0.246 e. The zero-order valence-electron chi connectivity index (χ0n) is 11.6. The van der Waals surface area contributed by atoms with Gasteiger partial charge in [0.2, 0.25) is 5.91 Å². The summed E-state index contributed by atoms with van der Waals surface area (Å²) >= 11 is 0. The molecule has 2 rings (SSSR count). The lowest BCUT2D eigenvalue weighted by Crippen LogP contribution is -2.19. The molecule has 0 saturated carbocycles. The first kappa shape index (κ1) is 14.7. The van der Waals surface area contributed by atoms with Crippen LogP contribution in [0.3, 0.4) is 0 Å². The fourth-order valence-corrected chi connectivity index (χ4v) is 1.70. The normalized spacial score (nSPS) is 9.81. The first-order valence-corrected chi connectivity index (χ1v) is 6.40. The molecule has 0 unspecified atom stereocenters. The number of aromatic nitrogens is 4. The van der Waals surface area contributed by atoms with Gasteiger partial charge in [-0.1, -0.05) is 11.8 Å². The largest absolute Gasteiger partial charge is 0.395 e. The van der Waals surface area contributed by atoms with Gasteiger partial charge in [0.15, 0.2) is 0 Å². The van der Waals surface area contributed by atoms with Crippen molar-refractivity contribution in [1.29, 1.82) is 0 Å². The fourth-order valence-electron chi connectivity index (χ4n) is 1.70. The molecular formula is C14H15N5O2. The number of anilines is 1. The van der Waals surface area contributed by atoms with E-state index >= 15 is 0 Å². The number of hydrogen-bond acceptors (Lipinski definition) is 5. The van der Waals surface area contributed by atoms with E-state index in [9.17, 15) is 4.79 Å². The van der Waals surface area contributed by atoms with E-state index in [4.69, 9.17) is 5.11 Å². The predicted molar refractivity (Wildman–Crippen MR) is 76.2 cm³/mol. The summed E-state index contributed by atoms with van der Waals surface area (Å²) in [6, 6.07) is 5.47. The van der Waals surface area contributed by atoms with Crippen molar-refractivity contribution >= 4 is 11.6 Å². The minimum absolute atomic E-state index is 0.0529. The SMILES string of the molecule is Cc1cc(NC(=O)Cn2cnnn2)ccc1C#CCCO. The molecule has 7 nitrogen and oxygen atoms in total. The van der Waals surface area contributed by atoms with E-state index in [1.54, 1.807) is 6.07 Å². The first-order chi connectivity index (χ1) is 10.2. The highest BCUT2D eigenvalue weighted by atomic mass is 16.2. The monoisotopic (exact) mass is 285 g/mol. The lowest BCUT2D eigenvalue weighted by Gasteiger charge is -2.07. The van der Waals surface area contributed by atoms with Gasteiger partial charge in [0, 0.05) is 17.7 Å². The molecular weight excluding hydrogens is 270 g/mol. The Balaban J connectivity index is 2.00. The summed E-state index contributed by atoms with van der Waals surface area (Å²) in [5, 5.41) is 22.0.